The summed E-state index contributed by atoms with van der Waals surface area (Å²) in [6.07, 6.45) is 0.731. The number of non-ortho nitro benzene ring substituents is 1. The second-order valence-electron chi connectivity index (χ2n) is 4.20. The minimum atomic E-state index is -0.437. The summed E-state index contributed by atoms with van der Waals surface area (Å²) in [5.41, 5.74) is 2.56. The molecule has 0 atom stereocenters. The SMILES string of the molecule is O=[N+]([O-])c1ccc(-n2nc3c(c2Cl)COCC3)cc1. The van der Waals surface area contributed by atoms with Gasteiger partial charge in [-0.1, -0.05) is 11.6 Å². The van der Waals surface area contributed by atoms with E-state index in [9.17, 15) is 10.1 Å². The lowest BCUT2D eigenvalue weighted by Gasteiger charge is -2.09. The smallest absolute Gasteiger partial charge is 0.269 e. The zero-order valence-electron chi connectivity index (χ0n) is 9.88. The Morgan fingerprint density at radius 2 is 2.11 bits per heavy atom. The average Bonchev–Trinajstić information content (AvgIpc) is 2.77. The molecule has 0 unspecified atom stereocenters. The van der Waals surface area contributed by atoms with E-state index in [1.54, 1.807) is 16.8 Å². The molecule has 0 radical (unpaired) electrons. The summed E-state index contributed by atoms with van der Waals surface area (Å²) < 4.78 is 6.94. The van der Waals surface area contributed by atoms with Crippen molar-refractivity contribution in [3.8, 4) is 5.69 Å². The Balaban J connectivity index is 2.02. The Morgan fingerprint density at radius 3 is 2.74 bits per heavy atom. The Kier molecular flexibility index (Phi) is 2.96. The van der Waals surface area contributed by atoms with Crippen LogP contribution in [0.4, 0.5) is 5.69 Å². The van der Waals surface area contributed by atoms with Crippen molar-refractivity contribution >= 4 is 17.3 Å². The molecule has 1 aromatic carbocycles. The molecular weight excluding hydrogens is 270 g/mol. The van der Waals surface area contributed by atoms with Crippen LogP contribution in [0.3, 0.4) is 0 Å². The Hall–Kier alpha value is -1.92. The molecule has 1 aromatic heterocycles. The van der Waals surface area contributed by atoms with Gasteiger partial charge in [-0.2, -0.15) is 5.10 Å². The van der Waals surface area contributed by atoms with Gasteiger partial charge in [0, 0.05) is 24.1 Å². The minimum absolute atomic E-state index is 0.0418. The number of nitro groups is 1. The molecule has 3 rings (SSSR count). The van der Waals surface area contributed by atoms with Gasteiger partial charge < -0.3 is 4.74 Å². The second kappa shape index (κ2) is 4.64. The largest absolute Gasteiger partial charge is 0.376 e. The molecule has 0 bridgehead atoms. The summed E-state index contributed by atoms with van der Waals surface area (Å²) in [5.74, 6) is 0. The van der Waals surface area contributed by atoms with Crippen molar-refractivity contribution in [1.29, 1.82) is 0 Å². The van der Waals surface area contributed by atoms with Gasteiger partial charge in [-0.3, -0.25) is 10.1 Å². The molecular formula is C12H10ClN3O3. The van der Waals surface area contributed by atoms with Crippen molar-refractivity contribution in [3.05, 3.63) is 50.8 Å². The van der Waals surface area contributed by atoms with E-state index in [2.05, 4.69) is 5.10 Å². The highest BCUT2D eigenvalue weighted by molar-refractivity contribution is 6.30. The Morgan fingerprint density at radius 1 is 1.37 bits per heavy atom. The first-order valence-electron chi connectivity index (χ1n) is 5.75. The number of hydrogen-bond acceptors (Lipinski definition) is 4. The van der Waals surface area contributed by atoms with E-state index in [0.29, 0.717) is 24.1 Å². The van der Waals surface area contributed by atoms with Crippen LogP contribution in [0.25, 0.3) is 5.69 Å². The van der Waals surface area contributed by atoms with Crippen LogP contribution >= 0.6 is 11.6 Å². The van der Waals surface area contributed by atoms with Crippen LogP contribution in [0.15, 0.2) is 24.3 Å². The van der Waals surface area contributed by atoms with Crippen molar-refractivity contribution < 1.29 is 9.66 Å². The van der Waals surface area contributed by atoms with Crippen molar-refractivity contribution in [2.24, 2.45) is 0 Å². The zero-order chi connectivity index (χ0) is 13.4. The molecule has 0 aliphatic carbocycles. The number of ether oxygens (including phenoxy) is 1. The maximum atomic E-state index is 10.6. The van der Waals surface area contributed by atoms with E-state index >= 15 is 0 Å². The molecule has 0 fully saturated rings. The van der Waals surface area contributed by atoms with Crippen LogP contribution in [-0.2, 0) is 17.8 Å². The molecule has 0 saturated carbocycles. The molecule has 0 N–H and O–H groups in total. The van der Waals surface area contributed by atoms with Crippen LogP contribution in [0.5, 0.6) is 0 Å². The molecule has 2 aromatic rings. The highest BCUT2D eigenvalue weighted by Gasteiger charge is 2.20. The molecule has 0 amide bonds. The maximum absolute atomic E-state index is 10.6. The zero-order valence-corrected chi connectivity index (χ0v) is 10.6. The lowest BCUT2D eigenvalue weighted by molar-refractivity contribution is -0.384. The molecule has 19 heavy (non-hydrogen) atoms. The number of nitrogens with zero attached hydrogens (tertiary/aromatic N) is 3. The quantitative estimate of drug-likeness (QED) is 0.625. The molecule has 1 aliphatic rings. The number of fused-ring (bicyclic) bond motifs is 1. The van der Waals surface area contributed by atoms with E-state index < -0.39 is 4.92 Å². The first-order chi connectivity index (χ1) is 9.16. The molecule has 98 valence electrons. The van der Waals surface area contributed by atoms with Crippen molar-refractivity contribution in [3.63, 3.8) is 0 Å². The van der Waals surface area contributed by atoms with Crippen LogP contribution < -0.4 is 0 Å². The fraction of sp³-hybridized carbons (Fsp3) is 0.250. The summed E-state index contributed by atoms with van der Waals surface area (Å²) in [6.45, 7) is 1.10. The van der Waals surface area contributed by atoms with Crippen LogP contribution in [0.2, 0.25) is 5.15 Å². The van der Waals surface area contributed by atoms with Gasteiger partial charge in [0.05, 0.1) is 29.5 Å². The number of hydrogen-bond donors (Lipinski definition) is 0. The number of benzene rings is 1. The van der Waals surface area contributed by atoms with Crippen molar-refractivity contribution in [2.75, 3.05) is 6.61 Å². The molecule has 2 heterocycles. The topological polar surface area (TPSA) is 70.2 Å². The normalized spacial score (nSPS) is 14.2. The first-order valence-corrected chi connectivity index (χ1v) is 6.13. The van der Waals surface area contributed by atoms with Crippen LogP contribution in [-0.4, -0.2) is 21.3 Å². The van der Waals surface area contributed by atoms with E-state index in [4.69, 9.17) is 16.3 Å². The van der Waals surface area contributed by atoms with Gasteiger partial charge in [0.1, 0.15) is 5.15 Å². The summed E-state index contributed by atoms with van der Waals surface area (Å²) in [5, 5.41) is 15.5. The lowest BCUT2D eigenvalue weighted by atomic mass is 10.2. The summed E-state index contributed by atoms with van der Waals surface area (Å²) in [4.78, 5) is 10.2. The van der Waals surface area contributed by atoms with Gasteiger partial charge in [-0.05, 0) is 12.1 Å². The maximum Gasteiger partial charge on any atom is 0.269 e. The number of halogens is 1. The third kappa shape index (κ3) is 2.09. The second-order valence-corrected chi connectivity index (χ2v) is 4.56. The number of aromatic nitrogens is 2. The molecule has 0 spiro atoms. The van der Waals surface area contributed by atoms with Crippen molar-refractivity contribution in [2.45, 2.75) is 13.0 Å². The van der Waals surface area contributed by atoms with Gasteiger partial charge in [-0.25, -0.2) is 4.68 Å². The molecule has 7 heteroatoms. The summed E-state index contributed by atoms with van der Waals surface area (Å²) in [6, 6.07) is 6.12. The standard InChI is InChI=1S/C12H10ClN3O3/c13-12-10-7-19-6-5-11(10)14-15(12)8-1-3-9(4-2-8)16(17)18/h1-4H,5-7H2. The third-order valence-electron chi connectivity index (χ3n) is 3.04. The molecule has 0 saturated heterocycles. The van der Waals surface area contributed by atoms with E-state index in [0.717, 1.165) is 17.7 Å². The van der Waals surface area contributed by atoms with E-state index in [1.165, 1.54) is 12.1 Å². The predicted molar refractivity (Wildman–Crippen MR) is 68.6 cm³/mol. The monoisotopic (exact) mass is 279 g/mol. The predicted octanol–water partition coefficient (Wildman–Crippen LogP) is 2.51. The average molecular weight is 280 g/mol. The first kappa shape index (κ1) is 12.1. The van der Waals surface area contributed by atoms with Gasteiger partial charge >= 0.3 is 0 Å². The molecule has 1 aliphatic heterocycles. The fourth-order valence-electron chi connectivity index (χ4n) is 2.05. The highest BCUT2D eigenvalue weighted by atomic mass is 35.5. The number of rotatable bonds is 2. The van der Waals surface area contributed by atoms with Crippen LogP contribution in [0, 0.1) is 10.1 Å². The third-order valence-corrected chi connectivity index (χ3v) is 3.43. The van der Waals surface area contributed by atoms with Crippen molar-refractivity contribution in [1.82, 2.24) is 9.78 Å². The van der Waals surface area contributed by atoms with E-state index in [1.807, 2.05) is 0 Å². The van der Waals surface area contributed by atoms with Crippen LogP contribution in [0.1, 0.15) is 11.3 Å². The Labute approximate surface area is 113 Å². The number of nitro benzene ring substituents is 1. The van der Waals surface area contributed by atoms with Gasteiger partial charge in [0.2, 0.25) is 0 Å². The Bertz CT molecular complexity index is 636. The van der Waals surface area contributed by atoms with Gasteiger partial charge in [-0.15, -0.1) is 0 Å². The van der Waals surface area contributed by atoms with Gasteiger partial charge in [0.15, 0.2) is 0 Å². The summed E-state index contributed by atoms with van der Waals surface area (Å²) >= 11 is 6.27. The molecule has 6 nitrogen and oxygen atoms in total. The lowest BCUT2D eigenvalue weighted by Crippen LogP contribution is -2.08. The van der Waals surface area contributed by atoms with E-state index in [-0.39, 0.29) is 5.69 Å². The fourth-order valence-corrected chi connectivity index (χ4v) is 2.34. The van der Waals surface area contributed by atoms with Gasteiger partial charge in [0.25, 0.3) is 5.69 Å². The highest BCUT2D eigenvalue weighted by Crippen LogP contribution is 2.27. The summed E-state index contributed by atoms with van der Waals surface area (Å²) in [7, 11) is 0. The minimum Gasteiger partial charge on any atom is -0.376 e.